The number of rotatable bonds is 3. The number of aliphatic hydroxyl groups excluding tert-OH is 1. The number of hydrogen-bond acceptors (Lipinski definition) is 4. The van der Waals surface area contributed by atoms with Crippen LogP contribution in [0.5, 0.6) is 0 Å². The molecule has 1 aliphatic rings. The van der Waals surface area contributed by atoms with Crippen molar-refractivity contribution in [1.82, 2.24) is 0 Å². The predicted octanol–water partition coefficient (Wildman–Crippen LogP) is 1.73. The highest BCUT2D eigenvalue weighted by Crippen LogP contribution is 2.31. The maximum atomic E-state index is 11.4. The van der Waals surface area contributed by atoms with Crippen LogP contribution in [-0.2, 0) is 16.0 Å². The maximum absolute atomic E-state index is 11.4. The number of fused-ring (bicyclic) bond motifs is 1. The first-order valence-electron chi connectivity index (χ1n) is 7.97. The van der Waals surface area contributed by atoms with Gasteiger partial charge in [-0.2, -0.15) is 0 Å². The molecule has 1 heterocycles. The van der Waals surface area contributed by atoms with E-state index in [1.54, 1.807) is 12.1 Å². The number of aliphatic carboxylic acids is 1. The van der Waals surface area contributed by atoms with E-state index in [2.05, 4.69) is 0 Å². The quantitative estimate of drug-likeness (QED) is 0.788. The Bertz CT molecular complexity index is 733. The summed E-state index contributed by atoms with van der Waals surface area (Å²) in [7, 11) is 0. The van der Waals surface area contributed by atoms with Crippen LogP contribution in [0.2, 0.25) is 0 Å². The first-order chi connectivity index (χ1) is 12.0. The number of hydrogen-bond donors (Lipinski definition) is 3. The lowest BCUT2D eigenvalue weighted by Gasteiger charge is -2.20. The number of para-hydroxylation sites is 1. The number of amides is 1. The SMILES string of the molecule is CC(=O)N1c2ccccc2C[C@H]1C(=O)O.N[C@@H](CO)c1ccccc1. The number of nitrogens with two attached hydrogens (primary N) is 1. The van der Waals surface area contributed by atoms with E-state index in [1.165, 1.54) is 11.8 Å². The molecule has 0 saturated heterocycles. The summed E-state index contributed by atoms with van der Waals surface area (Å²) in [6.45, 7) is 1.39. The van der Waals surface area contributed by atoms with Gasteiger partial charge in [0.2, 0.25) is 5.91 Å². The third kappa shape index (κ3) is 4.43. The second-order valence-corrected chi connectivity index (χ2v) is 5.78. The average Bonchev–Trinajstić information content (AvgIpc) is 3.02. The lowest BCUT2D eigenvalue weighted by molar-refractivity contribution is -0.139. The van der Waals surface area contributed by atoms with Crippen LogP contribution >= 0.6 is 0 Å². The van der Waals surface area contributed by atoms with Gasteiger partial charge in [0, 0.05) is 19.0 Å². The van der Waals surface area contributed by atoms with Crippen LogP contribution in [-0.4, -0.2) is 34.7 Å². The van der Waals surface area contributed by atoms with Crippen molar-refractivity contribution in [1.29, 1.82) is 0 Å². The van der Waals surface area contributed by atoms with Crippen molar-refractivity contribution < 1.29 is 19.8 Å². The fraction of sp³-hybridized carbons (Fsp3) is 0.263. The number of carbonyl (C=O) groups excluding carboxylic acids is 1. The molecule has 0 aromatic heterocycles. The molecule has 0 saturated carbocycles. The van der Waals surface area contributed by atoms with Crippen molar-refractivity contribution in [3.8, 4) is 0 Å². The van der Waals surface area contributed by atoms with Crippen LogP contribution in [0.3, 0.4) is 0 Å². The highest BCUT2D eigenvalue weighted by molar-refractivity contribution is 6.00. The van der Waals surface area contributed by atoms with Crippen LogP contribution in [0.25, 0.3) is 0 Å². The fourth-order valence-corrected chi connectivity index (χ4v) is 2.78. The van der Waals surface area contributed by atoms with Gasteiger partial charge in [-0.1, -0.05) is 48.5 Å². The summed E-state index contributed by atoms with van der Waals surface area (Å²) >= 11 is 0. The summed E-state index contributed by atoms with van der Waals surface area (Å²) in [5, 5.41) is 17.7. The largest absolute Gasteiger partial charge is 0.480 e. The minimum absolute atomic E-state index is 0.00398. The minimum Gasteiger partial charge on any atom is -0.480 e. The van der Waals surface area contributed by atoms with Gasteiger partial charge in [-0.05, 0) is 17.2 Å². The Kier molecular flexibility index (Phi) is 6.27. The van der Waals surface area contributed by atoms with Crippen molar-refractivity contribution in [3.63, 3.8) is 0 Å². The van der Waals surface area contributed by atoms with E-state index < -0.39 is 12.0 Å². The zero-order chi connectivity index (χ0) is 18.4. The van der Waals surface area contributed by atoms with Crippen LogP contribution in [0.4, 0.5) is 5.69 Å². The fourth-order valence-electron chi connectivity index (χ4n) is 2.78. The third-order valence-electron chi connectivity index (χ3n) is 4.02. The molecule has 132 valence electrons. The van der Waals surface area contributed by atoms with Crippen LogP contribution in [0, 0.1) is 0 Å². The van der Waals surface area contributed by atoms with E-state index in [4.69, 9.17) is 15.9 Å². The molecule has 1 aliphatic heterocycles. The van der Waals surface area contributed by atoms with Gasteiger partial charge in [0.05, 0.1) is 12.6 Å². The summed E-state index contributed by atoms with van der Waals surface area (Å²) < 4.78 is 0. The molecule has 0 unspecified atom stereocenters. The monoisotopic (exact) mass is 342 g/mol. The van der Waals surface area contributed by atoms with Gasteiger partial charge in [-0.15, -0.1) is 0 Å². The highest BCUT2D eigenvalue weighted by Gasteiger charge is 2.36. The second-order valence-electron chi connectivity index (χ2n) is 5.78. The Morgan fingerprint density at radius 2 is 1.76 bits per heavy atom. The Morgan fingerprint density at radius 3 is 2.32 bits per heavy atom. The van der Waals surface area contributed by atoms with Gasteiger partial charge in [-0.3, -0.25) is 9.69 Å². The van der Waals surface area contributed by atoms with Gasteiger partial charge >= 0.3 is 5.97 Å². The second kappa shape index (κ2) is 8.41. The summed E-state index contributed by atoms with van der Waals surface area (Å²) in [4.78, 5) is 23.7. The Morgan fingerprint density at radius 1 is 1.16 bits per heavy atom. The zero-order valence-corrected chi connectivity index (χ0v) is 14.0. The summed E-state index contributed by atoms with van der Waals surface area (Å²) in [5.41, 5.74) is 8.16. The molecule has 0 fully saturated rings. The number of nitrogens with zero attached hydrogens (tertiary/aromatic N) is 1. The van der Waals surface area contributed by atoms with Crippen molar-refractivity contribution >= 4 is 17.6 Å². The van der Waals surface area contributed by atoms with Crippen LogP contribution in [0.1, 0.15) is 24.1 Å². The Labute approximate surface area is 146 Å². The van der Waals surface area contributed by atoms with Gasteiger partial charge in [-0.25, -0.2) is 4.79 Å². The van der Waals surface area contributed by atoms with Crippen molar-refractivity contribution in [2.24, 2.45) is 5.73 Å². The van der Waals surface area contributed by atoms with Crippen LogP contribution < -0.4 is 10.6 Å². The zero-order valence-electron chi connectivity index (χ0n) is 14.0. The minimum atomic E-state index is -0.957. The summed E-state index contributed by atoms with van der Waals surface area (Å²) in [6.07, 6.45) is 0.394. The van der Waals surface area contributed by atoms with E-state index in [0.717, 1.165) is 16.8 Å². The molecule has 0 spiro atoms. The molecule has 6 nitrogen and oxygen atoms in total. The van der Waals surface area contributed by atoms with Gasteiger partial charge in [0.1, 0.15) is 6.04 Å². The highest BCUT2D eigenvalue weighted by atomic mass is 16.4. The van der Waals surface area contributed by atoms with E-state index in [0.29, 0.717) is 6.42 Å². The summed E-state index contributed by atoms with van der Waals surface area (Å²) in [6, 6.07) is 15.8. The van der Waals surface area contributed by atoms with Crippen molar-refractivity contribution in [3.05, 3.63) is 65.7 Å². The lowest BCUT2D eigenvalue weighted by atomic mass is 10.1. The van der Waals surface area contributed by atoms with Gasteiger partial charge in [0.15, 0.2) is 0 Å². The molecule has 0 bridgehead atoms. The first kappa shape index (κ1) is 18.6. The molecule has 6 heteroatoms. The molecule has 4 N–H and O–H groups in total. The maximum Gasteiger partial charge on any atom is 0.327 e. The molecule has 2 atom stereocenters. The molecule has 2 aromatic carbocycles. The lowest BCUT2D eigenvalue weighted by Crippen LogP contribution is -2.41. The number of anilines is 1. The molecule has 1 amide bonds. The molecule has 0 radical (unpaired) electrons. The third-order valence-corrected chi connectivity index (χ3v) is 4.02. The predicted molar refractivity (Wildman–Crippen MR) is 95.2 cm³/mol. The van der Waals surface area contributed by atoms with E-state index in [1.807, 2.05) is 42.5 Å². The number of carboxylic acid groups (broad SMARTS) is 1. The standard InChI is InChI=1S/C11H11NO3.C8H11NO/c1-7(13)12-9-5-3-2-4-8(9)6-10(12)11(14)15;9-8(6-10)7-4-2-1-3-5-7/h2-5,10H,6H2,1H3,(H,14,15);1-5,8,10H,6,9H2/t10-;8-/m00/s1. The van der Waals surface area contributed by atoms with Crippen molar-refractivity contribution in [2.45, 2.75) is 25.4 Å². The molecule has 2 aromatic rings. The topological polar surface area (TPSA) is 104 Å². The Balaban J connectivity index is 0.000000196. The Hall–Kier alpha value is -2.70. The van der Waals surface area contributed by atoms with Gasteiger partial charge in [0.25, 0.3) is 0 Å². The molecular formula is C19H22N2O4. The first-order valence-corrected chi connectivity index (χ1v) is 7.97. The van der Waals surface area contributed by atoms with Gasteiger partial charge < -0.3 is 15.9 Å². The number of benzene rings is 2. The number of aliphatic hydroxyl groups is 1. The molecule has 3 rings (SSSR count). The average molecular weight is 342 g/mol. The van der Waals surface area contributed by atoms with Crippen molar-refractivity contribution in [2.75, 3.05) is 11.5 Å². The normalized spacial score (nSPS) is 16.4. The smallest absolute Gasteiger partial charge is 0.327 e. The van der Waals surface area contributed by atoms with Crippen LogP contribution in [0.15, 0.2) is 54.6 Å². The molecule has 0 aliphatic carbocycles. The van der Waals surface area contributed by atoms with E-state index in [-0.39, 0.29) is 18.6 Å². The number of carboxylic acids is 1. The molecular weight excluding hydrogens is 320 g/mol. The number of carbonyl (C=O) groups is 2. The summed E-state index contributed by atoms with van der Waals surface area (Å²) in [5.74, 6) is -1.19. The molecule has 25 heavy (non-hydrogen) atoms. The van der Waals surface area contributed by atoms with E-state index >= 15 is 0 Å². The van der Waals surface area contributed by atoms with E-state index in [9.17, 15) is 9.59 Å².